The van der Waals surface area contributed by atoms with E-state index in [4.69, 9.17) is 16.5 Å². The largest absolute Gasteiger partial charge is 0.397 e. The van der Waals surface area contributed by atoms with Crippen molar-refractivity contribution < 1.29 is 4.79 Å². The number of carbonyl (C=O) groups excluding carboxylic acids is 1. The smallest absolute Gasteiger partial charge is 0.260 e. The third-order valence-corrected chi connectivity index (χ3v) is 6.94. The first-order valence-electron chi connectivity index (χ1n) is 10.6. The van der Waals surface area contributed by atoms with Crippen molar-refractivity contribution in [2.24, 2.45) is 5.73 Å². The summed E-state index contributed by atoms with van der Waals surface area (Å²) >= 11 is 1.26. The summed E-state index contributed by atoms with van der Waals surface area (Å²) in [5.41, 5.74) is 17.7. The molecule has 2 aromatic heterocycles. The monoisotopic (exact) mass is 437 g/mol. The van der Waals surface area contributed by atoms with Crippen LogP contribution in [0.4, 0.5) is 5.69 Å². The fourth-order valence-corrected chi connectivity index (χ4v) is 5.41. The summed E-state index contributed by atoms with van der Waals surface area (Å²) in [6, 6.07) is 24.8. The second kappa shape index (κ2) is 7.77. The second-order valence-corrected chi connectivity index (χ2v) is 9.18. The number of rotatable bonds is 4. The highest BCUT2D eigenvalue weighted by Crippen LogP contribution is 2.47. The zero-order valence-corrected chi connectivity index (χ0v) is 18.7. The van der Waals surface area contributed by atoms with Crippen LogP contribution in [0.15, 0.2) is 72.8 Å². The zero-order valence-electron chi connectivity index (χ0n) is 17.9. The van der Waals surface area contributed by atoms with Crippen LogP contribution in [-0.4, -0.2) is 10.9 Å². The van der Waals surface area contributed by atoms with E-state index >= 15 is 0 Å². The lowest BCUT2D eigenvalue weighted by atomic mass is 9.86. The number of fused-ring (bicyclic) bond motifs is 2. The minimum absolute atomic E-state index is 0.174. The number of benzene rings is 3. The van der Waals surface area contributed by atoms with Gasteiger partial charge in [0.2, 0.25) is 0 Å². The van der Waals surface area contributed by atoms with Gasteiger partial charge in [-0.1, -0.05) is 86.6 Å². The van der Waals surface area contributed by atoms with Crippen LogP contribution in [0.3, 0.4) is 0 Å². The highest BCUT2D eigenvalue weighted by molar-refractivity contribution is 7.21. The van der Waals surface area contributed by atoms with Gasteiger partial charge in [-0.15, -0.1) is 11.3 Å². The number of primary amides is 1. The van der Waals surface area contributed by atoms with Gasteiger partial charge < -0.3 is 11.5 Å². The van der Waals surface area contributed by atoms with Gasteiger partial charge in [-0.3, -0.25) is 4.79 Å². The van der Waals surface area contributed by atoms with Crippen molar-refractivity contribution in [1.82, 2.24) is 4.98 Å². The number of thiophene rings is 1. The Balaban J connectivity index is 1.99. The summed E-state index contributed by atoms with van der Waals surface area (Å²) in [6.07, 6.45) is 0. The molecule has 0 fully saturated rings. The molecular weight excluding hydrogens is 414 g/mol. The van der Waals surface area contributed by atoms with E-state index in [0.29, 0.717) is 10.6 Å². The Hall–Kier alpha value is -3.70. The van der Waals surface area contributed by atoms with Crippen molar-refractivity contribution in [2.45, 2.75) is 19.8 Å². The third-order valence-electron chi connectivity index (χ3n) is 5.82. The third kappa shape index (κ3) is 3.13. The SMILES string of the molecule is CC(C)c1c(-c2cccc3ccccc23)nc2sc(C(N)=O)c(N)c2c1-c1ccccc1. The van der Waals surface area contributed by atoms with Gasteiger partial charge in [0.25, 0.3) is 5.91 Å². The van der Waals surface area contributed by atoms with Gasteiger partial charge in [-0.2, -0.15) is 0 Å². The van der Waals surface area contributed by atoms with Crippen molar-refractivity contribution in [3.8, 4) is 22.4 Å². The molecule has 0 radical (unpaired) electrons. The maximum Gasteiger partial charge on any atom is 0.260 e. The van der Waals surface area contributed by atoms with Gasteiger partial charge in [-0.05, 0) is 33.4 Å². The average molecular weight is 438 g/mol. The Bertz CT molecular complexity index is 1480. The molecule has 3 aromatic carbocycles. The number of hydrogen-bond donors (Lipinski definition) is 2. The lowest BCUT2D eigenvalue weighted by Crippen LogP contribution is -2.10. The van der Waals surface area contributed by atoms with Crippen molar-refractivity contribution >= 4 is 43.9 Å². The minimum Gasteiger partial charge on any atom is -0.397 e. The van der Waals surface area contributed by atoms with E-state index in [1.54, 1.807) is 0 Å². The number of aromatic nitrogens is 1. The van der Waals surface area contributed by atoms with Gasteiger partial charge in [0.05, 0.1) is 11.4 Å². The first kappa shape index (κ1) is 20.2. The van der Waals surface area contributed by atoms with Crippen molar-refractivity contribution in [3.63, 3.8) is 0 Å². The van der Waals surface area contributed by atoms with Gasteiger partial charge >= 0.3 is 0 Å². The highest BCUT2D eigenvalue weighted by Gasteiger charge is 2.26. The van der Waals surface area contributed by atoms with Crippen LogP contribution in [0.25, 0.3) is 43.4 Å². The number of nitrogens with zero attached hydrogens (tertiary/aromatic N) is 1. The number of pyridine rings is 1. The van der Waals surface area contributed by atoms with Gasteiger partial charge in [0, 0.05) is 10.9 Å². The van der Waals surface area contributed by atoms with Gasteiger partial charge in [-0.25, -0.2) is 4.98 Å². The lowest BCUT2D eigenvalue weighted by Gasteiger charge is -2.20. The molecule has 0 saturated carbocycles. The molecular formula is C27H23N3OS. The minimum atomic E-state index is -0.526. The lowest BCUT2D eigenvalue weighted by molar-refractivity contribution is 0.100. The van der Waals surface area contributed by atoms with Crippen LogP contribution in [0.5, 0.6) is 0 Å². The van der Waals surface area contributed by atoms with Gasteiger partial charge in [0.1, 0.15) is 9.71 Å². The maximum atomic E-state index is 12.1. The van der Waals surface area contributed by atoms with E-state index in [1.165, 1.54) is 11.3 Å². The summed E-state index contributed by atoms with van der Waals surface area (Å²) in [4.78, 5) is 18.3. The molecule has 0 unspecified atom stereocenters. The summed E-state index contributed by atoms with van der Waals surface area (Å²) in [5.74, 6) is -0.352. The van der Waals surface area contributed by atoms with Crippen molar-refractivity contribution in [3.05, 3.63) is 83.2 Å². The molecule has 4 nitrogen and oxygen atoms in total. The Morgan fingerprint density at radius 2 is 1.62 bits per heavy atom. The summed E-state index contributed by atoms with van der Waals surface area (Å²) in [6.45, 7) is 4.34. The molecule has 0 aliphatic rings. The summed E-state index contributed by atoms with van der Waals surface area (Å²) in [5, 5.41) is 3.11. The fraction of sp³-hybridized carbons (Fsp3) is 0.111. The molecule has 5 rings (SSSR count). The van der Waals surface area contributed by atoms with Crippen LogP contribution in [0.2, 0.25) is 0 Å². The number of hydrogen-bond acceptors (Lipinski definition) is 4. The van der Waals surface area contributed by atoms with Crippen molar-refractivity contribution in [2.75, 3.05) is 5.73 Å². The quantitative estimate of drug-likeness (QED) is 0.333. The second-order valence-electron chi connectivity index (χ2n) is 8.19. The molecule has 2 heterocycles. The number of nitrogens with two attached hydrogens (primary N) is 2. The Labute approximate surface area is 190 Å². The van der Waals surface area contributed by atoms with E-state index < -0.39 is 5.91 Å². The molecule has 0 aliphatic heterocycles. The molecule has 1 amide bonds. The Morgan fingerprint density at radius 3 is 2.34 bits per heavy atom. The predicted octanol–water partition coefficient (Wildman–Crippen LogP) is 6.59. The molecule has 0 spiro atoms. The Kier molecular flexibility index (Phi) is 4.91. The first-order valence-corrected chi connectivity index (χ1v) is 11.4. The van der Waals surface area contributed by atoms with Crippen LogP contribution in [-0.2, 0) is 0 Å². The summed E-state index contributed by atoms with van der Waals surface area (Å²) < 4.78 is 0. The number of amides is 1. The van der Waals surface area contributed by atoms with E-state index in [1.807, 2.05) is 30.3 Å². The fourth-order valence-electron chi connectivity index (χ4n) is 4.45. The molecule has 32 heavy (non-hydrogen) atoms. The molecule has 0 aliphatic carbocycles. The van der Waals surface area contributed by atoms with E-state index in [0.717, 1.165) is 48.9 Å². The number of nitrogen functional groups attached to an aromatic ring is 1. The van der Waals surface area contributed by atoms with E-state index in [9.17, 15) is 4.79 Å². The maximum absolute atomic E-state index is 12.1. The van der Waals surface area contributed by atoms with E-state index in [-0.39, 0.29) is 5.92 Å². The van der Waals surface area contributed by atoms with Crippen molar-refractivity contribution in [1.29, 1.82) is 0 Å². The van der Waals surface area contributed by atoms with Crippen LogP contribution < -0.4 is 11.5 Å². The number of anilines is 1. The highest BCUT2D eigenvalue weighted by atomic mass is 32.1. The molecule has 5 heteroatoms. The normalized spacial score (nSPS) is 11.5. The standard InChI is InChI=1S/C27H23N3OS/c1-15(2)20-21(17-10-4-3-5-11-17)22-23(28)25(26(29)31)32-27(22)30-24(20)19-14-8-12-16-9-6-7-13-18(16)19/h3-15H,28H2,1-2H3,(H2,29,31). The molecule has 158 valence electrons. The molecule has 0 saturated heterocycles. The van der Waals surface area contributed by atoms with Crippen LogP contribution in [0, 0.1) is 0 Å². The molecule has 5 aromatic rings. The molecule has 4 N–H and O–H groups in total. The molecule has 0 atom stereocenters. The van der Waals surface area contributed by atoms with Gasteiger partial charge in [0.15, 0.2) is 0 Å². The number of carbonyl (C=O) groups is 1. The van der Waals surface area contributed by atoms with E-state index in [2.05, 4.69) is 56.3 Å². The van der Waals surface area contributed by atoms with Crippen LogP contribution >= 0.6 is 11.3 Å². The molecule has 0 bridgehead atoms. The zero-order chi connectivity index (χ0) is 22.4. The topological polar surface area (TPSA) is 82.0 Å². The van der Waals surface area contributed by atoms with Crippen LogP contribution in [0.1, 0.15) is 35.0 Å². The average Bonchev–Trinajstić information content (AvgIpc) is 3.14. The summed E-state index contributed by atoms with van der Waals surface area (Å²) in [7, 11) is 0. The first-order chi connectivity index (χ1) is 15.5. The Morgan fingerprint density at radius 1 is 0.938 bits per heavy atom. The predicted molar refractivity (Wildman–Crippen MR) is 135 cm³/mol.